The van der Waals surface area contributed by atoms with Gasteiger partial charge in [0, 0.05) is 37.0 Å². The molecule has 1 aliphatic heterocycles. The van der Waals surface area contributed by atoms with Gasteiger partial charge in [-0.2, -0.15) is 18.3 Å². The van der Waals surface area contributed by atoms with Gasteiger partial charge in [-0.05, 0) is 44.1 Å². The van der Waals surface area contributed by atoms with E-state index in [1.807, 2.05) is 5.10 Å². The van der Waals surface area contributed by atoms with E-state index in [0.717, 1.165) is 38.8 Å². The molecular weight excluding hydrogens is 402 g/mol. The van der Waals surface area contributed by atoms with Crippen LogP contribution in [0.4, 0.5) is 23.2 Å². The number of carbonyl (C=O) groups excluding carboxylic acids is 1. The third-order valence-electron chi connectivity index (χ3n) is 5.21. The molecule has 2 aromatic rings. The van der Waals surface area contributed by atoms with Crippen LogP contribution in [0.3, 0.4) is 0 Å². The Hall–Kier alpha value is -2.62. The molecule has 0 saturated carbocycles. The number of rotatable bonds is 6. The van der Waals surface area contributed by atoms with Crippen LogP contribution in [-0.4, -0.2) is 52.1 Å². The molecule has 0 unspecified atom stereocenters. The van der Waals surface area contributed by atoms with Crippen molar-refractivity contribution >= 4 is 11.6 Å². The van der Waals surface area contributed by atoms with E-state index in [9.17, 15) is 22.4 Å². The second-order valence-electron chi connectivity index (χ2n) is 7.50. The lowest BCUT2D eigenvalue weighted by Crippen LogP contribution is -2.39. The number of aromatic amines is 1. The number of amides is 1. The molecule has 164 valence electrons. The van der Waals surface area contributed by atoms with E-state index >= 15 is 0 Å². The van der Waals surface area contributed by atoms with Crippen molar-refractivity contribution in [2.45, 2.75) is 38.4 Å². The molecule has 6 nitrogen and oxygen atoms in total. The molecule has 0 spiro atoms. The van der Waals surface area contributed by atoms with Gasteiger partial charge in [-0.15, -0.1) is 0 Å². The summed E-state index contributed by atoms with van der Waals surface area (Å²) in [6.07, 6.45) is -0.205. The van der Waals surface area contributed by atoms with Crippen molar-refractivity contribution in [2.75, 3.05) is 31.9 Å². The lowest BCUT2D eigenvalue weighted by molar-refractivity contribution is -0.141. The standard InChI is InChI=1S/C20H25F4N5O/c21-16-6-5-15(25)11-14(16)13-29(10-9-28-7-3-1-2-4-8-28)19(30)17-12-18(27-26-17)20(22,23)24/h5-6,11-12H,1-4,7-10,13,25H2,(H,26,27). The van der Waals surface area contributed by atoms with Gasteiger partial charge < -0.3 is 15.5 Å². The van der Waals surface area contributed by atoms with Crippen LogP contribution in [0, 0.1) is 5.82 Å². The zero-order chi connectivity index (χ0) is 21.7. The number of anilines is 1. The molecular formula is C20H25F4N5O. The van der Waals surface area contributed by atoms with Crippen molar-refractivity contribution in [2.24, 2.45) is 0 Å². The van der Waals surface area contributed by atoms with Crippen LogP contribution in [0.5, 0.6) is 0 Å². The van der Waals surface area contributed by atoms with Crippen molar-refractivity contribution in [3.8, 4) is 0 Å². The van der Waals surface area contributed by atoms with Crippen molar-refractivity contribution in [1.82, 2.24) is 20.0 Å². The monoisotopic (exact) mass is 427 g/mol. The first-order chi connectivity index (χ1) is 14.2. The molecule has 0 atom stereocenters. The van der Waals surface area contributed by atoms with Gasteiger partial charge in [-0.3, -0.25) is 9.89 Å². The third kappa shape index (κ3) is 5.71. The van der Waals surface area contributed by atoms with E-state index in [4.69, 9.17) is 5.73 Å². The molecule has 1 aromatic heterocycles. The van der Waals surface area contributed by atoms with Gasteiger partial charge in [-0.1, -0.05) is 12.8 Å². The fourth-order valence-corrected chi connectivity index (χ4v) is 3.53. The Kier molecular flexibility index (Phi) is 6.96. The van der Waals surface area contributed by atoms with Gasteiger partial charge in [0.25, 0.3) is 5.91 Å². The van der Waals surface area contributed by atoms with Crippen LogP contribution in [0.1, 0.15) is 47.4 Å². The van der Waals surface area contributed by atoms with Gasteiger partial charge >= 0.3 is 6.18 Å². The zero-order valence-electron chi connectivity index (χ0n) is 16.5. The van der Waals surface area contributed by atoms with Crippen molar-refractivity contribution < 1.29 is 22.4 Å². The summed E-state index contributed by atoms with van der Waals surface area (Å²) in [5.74, 6) is -1.23. The van der Waals surface area contributed by atoms with E-state index in [1.165, 1.54) is 23.1 Å². The number of aromatic nitrogens is 2. The topological polar surface area (TPSA) is 78.2 Å². The molecule has 0 bridgehead atoms. The first-order valence-corrected chi connectivity index (χ1v) is 9.92. The summed E-state index contributed by atoms with van der Waals surface area (Å²) in [5.41, 5.74) is 4.81. The minimum Gasteiger partial charge on any atom is -0.399 e. The van der Waals surface area contributed by atoms with Gasteiger partial charge in [0.1, 0.15) is 11.5 Å². The number of nitrogen functional groups attached to an aromatic ring is 1. The number of nitrogens with two attached hydrogens (primary N) is 1. The third-order valence-corrected chi connectivity index (χ3v) is 5.21. The summed E-state index contributed by atoms with van der Waals surface area (Å²) in [5, 5.41) is 5.38. The molecule has 3 N–H and O–H groups in total. The SMILES string of the molecule is Nc1ccc(F)c(CN(CCN2CCCCCC2)C(=O)c2cc(C(F)(F)F)[nH]n2)c1. The predicted molar refractivity (Wildman–Crippen MR) is 104 cm³/mol. The largest absolute Gasteiger partial charge is 0.432 e. The summed E-state index contributed by atoms with van der Waals surface area (Å²) >= 11 is 0. The minimum atomic E-state index is -4.64. The van der Waals surface area contributed by atoms with E-state index in [0.29, 0.717) is 18.3 Å². The number of carbonyl (C=O) groups is 1. The number of benzene rings is 1. The number of nitrogens with one attached hydrogen (secondary N) is 1. The molecule has 1 fully saturated rings. The number of nitrogens with zero attached hydrogens (tertiary/aromatic N) is 3. The Morgan fingerprint density at radius 1 is 1.17 bits per heavy atom. The lowest BCUT2D eigenvalue weighted by atomic mass is 10.1. The summed E-state index contributed by atoms with van der Waals surface area (Å²) in [4.78, 5) is 16.5. The number of hydrogen-bond donors (Lipinski definition) is 2. The highest BCUT2D eigenvalue weighted by molar-refractivity contribution is 5.92. The molecule has 10 heteroatoms. The van der Waals surface area contributed by atoms with Crippen LogP contribution in [0.2, 0.25) is 0 Å². The van der Waals surface area contributed by atoms with Crippen LogP contribution in [0.15, 0.2) is 24.3 Å². The zero-order valence-corrected chi connectivity index (χ0v) is 16.5. The van der Waals surface area contributed by atoms with Gasteiger partial charge in [-0.25, -0.2) is 4.39 Å². The second kappa shape index (κ2) is 9.46. The normalized spacial score (nSPS) is 15.7. The number of alkyl halides is 3. The molecule has 2 heterocycles. The van der Waals surface area contributed by atoms with Gasteiger partial charge in [0.05, 0.1) is 0 Å². The molecule has 1 aromatic carbocycles. The van der Waals surface area contributed by atoms with Crippen LogP contribution < -0.4 is 5.73 Å². The maximum absolute atomic E-state index is 14.2. The Labute approximate surface area is 172 Å². The smallest absolute Gasteiger partial charge is 0.399 e. The van der Waals surface area contributed by atoms with Crippen molar-refractivity contribution in [1.29, 1.82) is 0 Å². The summed E-state index contributed by atoms with van der Waals surface area (Å²) in [6, 6.07) is 4.72. The van der Waals surface area contributed by atoms with E-state index in [2.05, 4.69) is 10.00 Å². The number of likely N-dealkylation sites (tertiary alicyclic amines) is 1. The Bertz CT molecular complexity index is 859. The number of H-pyrrole nitrogens is 1. The average Bonchev–Trinajstić information content (AvgIpc) is 3.06. The molecule has 3 rings (SSSR count). The first-order valence-electron chi connectivity index (χ1n) is 9.92. The van der Waals surface area contributed by atoms with Crippen molar-refractivity contribution in [3.63, 3.8) is 0 Å². The fraction of sp³-hybridized carbons (Fsp3) is 0.500. The summed E-state index contributed by atoms with van der Waals surface area (Å²) in [6.45, 7) is 2.47. The van der Waals surface area contributed by atoms with E-state index < -0.39 is 23.6 Å². The number of hydrogen-bond acceptors (Lipinski definition) is 4. The Balaban J connectivity index is 1.79. The second-order valence-corrected chi connectivity index (χ2v) is 7.50. The Morgan fingerprint density at radius 3 is 2.50 bits per heavy atom. The Morgan fingerprint density at radius 2 is 1.87 bits per heavy atom. The lowest BCUT2D eigenvalue weighted by Gasteiger charge is -2.27. The quantitative estimate of drug-likeness (QED) is 0.545. The minimum absolute atomic E-state index is 0.113. The highest BCUT2D eigenvalue weighted by Gasteiger charge is 2.34. The molecule has 1 aliphatic rings. The van der Waals surface area contributed by atoms with Gasteiger partial charge in [0.15, 0.2) is 5.69 Å². The molecule has 1 saturated heterocycles. The molecule has 30 heavy (non-hydrogen) atoms. The summed E-state index contributed by atoms with van der Waals surface area (Å²) < 4.78 is 52.8. The highest BCUT2D eigenvalue weighted by atomic mass is 19.4. The average molecular weight is 427 g/mol. The number of halogens is 4. The predicted octanol–water partition coefficient (Wildman–Crippen LogP) is 3.67. The summed E-state index contributed by atoms with van der Waals surface area (Å²) in [7, 11) is 0. The maximum atomic E-state index is 14.2. The van der Waals surface area contributed by atoms with E-state index in [-0.39, 0.29) is 24.3 Å². The molecule has 0 radical (unpaired) electrons. The van der Waals surface area contributed by atoms with Crippen LogP contribution in [-0.2, 0) is 12.7 Å². The fourth-order valence-electron chi connectivity index (χ4n) is 3.53. The van der Waals surface area contributed by atoms with Gasteiger partial charge in [0.2, 0.25) is 0 Å². The highest BCUT2D eigenvalue weighted by Crippen LogP contribution is 2.28. The maximum Gasteiger partial charge on any atom is 0.432 e. The molecule has 0 aliphatic carbocycles. The van der Waals surface area contributed by atoms with Crippen LogP contribution >= 0.6 is 0 Å². The molecule has 1 amide bonds. The van der Waals surface area contributed by atoms with E-state index in [1.54, 1.807) is 0 Å². The first kappa shape index (κ1) is 22.1. The van der Waals surface area contributed by atoms with Crippen molar-refractivity contribution in [3.05, 3.63) is 47.0 Å². The van der Waals surface area contributed by atoms with Crippen LogP contribution in [0.25, 0.3) is 0 Å².